The smallest absolute Gasteiger partial charge is 0.311 e. The van der Waals surface area contributed by atoms with Gasteiger partial charge in [0, 0.05) is 11.8 Å². The number of fused-ring (bicyclic) bond motifs is 5. The number of ether oxygens (including phenoxy) is 1. The summed E-state index contributed by atoms with van der Waals surface area (Å²) in [5, 5.41) is 0. The van der Waals surface area contributed by atoms with E-state index >= 15 is 0 Å². The van der Waals surface area contributed by atoms with E-state index in [2.05, 4.69) is 13.8 Å². The maximum Gasteiger partial charge on any atom is 0.311 e. The summed E-state index contributed by atoms with van der Waals surface area (Å²) < 4.78 is 5.90. The number of hydrogen-bond donors (Lipinski definition) is 0. The lowest BCUT2D eigenvalue weighted by molar-refractivity contribution is -0.170. The Hall–Kier alpha value is -0.860. The van der Waals surface area contributed by atoms with Gasteiger partial charge in [-0.1, -0.05) is 13.8 Å². The van der Waals surface area contributed by atoms with E-state index in [1.54, 1.807) is 0 Å². The molecule has 0 aromatic rings. The summed E-state index contributed by atoms with van der Waals surface area (Å²) in [7, 11) is 0. The van der Waals surface area contributed by atoms with Crippen LogP contribution in [0, 0.1) is 39.9 Å². The standard InChI is InChI=1S/C24H38O3/c1-22(2,3)21(26)27-16-10-12-23(4)15(14-16)6-7-17-18-8-9-20(25)24(18,5)13-11-19(17)23/h15-19H,6-14H2,1-5H3/t15-,16+,17+,18-,19+,23-,24-/m0/s1. The first-order valence-corrected chi connectivity index (χ1v) is 11.3. The lowest BCUT2D eigenvalue weighted by atomic mass is 9.45. The summed E-state index contributed by atoms with van der Waals surface area (Å²) in [6.45, 7) is 10.6. The molecule has 3 nitrogen and oxygen atoms in total. The molecule has 0 aromatic heterocycles. The average Bonchev–Trinajstić information content (AvgIpc) is 2.89. The molecular formula is C24H38O3. The van der Waals surface area contributed by atoms with Crippen LogP contribution in [0.1, 0.15) is 92.4 Å². The van der Waals surface area contributed by atoms with E-state index in [-0.39, 0.29) is 17.5 Å². The third-order valence-corrected chi connectivity index (χ3v) is 9.21. The molecule has 0 bridgehead atoms. The van der Waals surface area contributed by atoms with Crippen molar-refractivity contribution in [2.45, 2.75) is 98.5 Å². The molecule has 0 aliphatic heterocycles. The van der Waals surface area contributed by atoms with E-state index in [1.165, 1.54) is 25.7 Å². The van der Waals surface area contributed by atoms with E-state index in [4.69, 9.17) is 4.74 Å². The monoisotopic (exact) mass is 374 g/mol. The van der Waals surface area contributed by atoms with Crippen LogP contribution >= 0.6 is 0 Å². The Morgan fingerprint density at radius 1 is 1.00 bits per heavy atom. The number of ketones is 1. The van der Waals surface area contributed by atoms with Crippen LogP contribution in [-0.2, 0) is 14.3 Å². The zero-order chi connectivity index (χ0) is 19.6. The maximum absolute atomic E-state index is 12.5. The predicted molar refractivity (Wildman–Crippen MR) is 106 cm³/mol. The third kappa shape index (κ3) is 2.99. The highest BCUT2D eigenvalue weighted by atomic mass is 16.5. The van der Waals surface area contributed by atoms with Crippen LogP contribution in [0.2, 0.25) is 0 Å². The van der Waals surface area contributed by atoms with Gasteiger partial charge < -0.3 is 4.74 Å². The molecule has 0 radical (unpaired) electrons. The second-order valence-corrected chi connectivity index (χ2v) is 11.6. The zero-order valence-electron chi connectivity index (χ0n) is 18.0. The van der Waals surface area contributed by atoms with E-state index in [1.807, 2.05) is 20.8 Å². The molecule has 0 spiro atoms. The van der Waals surface area contributed by atoms with Crippen molar-refractivity contribution >= 4 is 11.8 Å². The SMILES string of the molecule is CC(C)(C)C(=O)O[C@@H]1CC[C@@]2(C)[C@@H](CC[C@H]3[C@H]2CC[C@]2(C)C(=O)CC[C@@H]32)C1. The number of rotatable bonds is 1. The molecule has 4 saturated carbocycles. The molecule has 4 rings (SSSR count). The first-order valence-electron chi connectivity index (χ1n) is 11.3. The molecule has 4 fully saturated rings. The lowest BCUT2D eigenvalue weighted by Gasteiger charge is -2.60. The van der Waals surface area contributed by atoms with E-state index in [0.29, 0.717) is 23.0 Å². The molecule has 4 aliphatic carbocycles. The number of carbonyl (C=O) groups excluding carboxylic acids is 2. The molecule has 0 unspecified atom stereocenters. The van der Waals surface area contributed by atoms with Crippen LogP contribution in [0.4, 0.5) is 0 Å². The molecule has 7 atom stereocenters. The number of esters is 1. The van der Waals surface area contributed by atoms with Gasteiger partial charge in [-0.3, -0.25) is 9.59 Å². The summed E-state index contributed by atoms with van der Waals surface area (Å²) in [5.41, 5.74) is -0.0639. The third-order valence-electron chi connectivity index (χ3n) is 9.21. The topological polar surface area (TPSA) is 43.4 Å². The van der Waals surface area contributed by atoms with Gasteiger partial charge in [-0.05, 0) is 101 Å². The molecular weight excluding hydrogens is 336 g/mol. The van der Waals surface area contributed by atoms with Crippen LogP contribution in [0.25, 0.3) is 0 Å². The van der Waals surface area contributed by atoms with Crippen molar-refractivity contribution < 1.29 is 14.3 Å². The summed E-state index contributed by atoms with van der Waals surface area (Å²) in [6.07, 6.45) is 10.1. The minimum Gasteiger partial charge on any atom is -0.462 e. The number of carbonyl (C=O) groups is 2. The summed E-state index contributed by atoms with van der Waals surface area (Å²) >= 11 is 0. The van der Waals surface area contributed by atoms with Gasteiger partial charge in [0.25, 0.3) is 0 Å². The summed E-state index contributed by atoms with van der Waals surface area (Å²) in [6, 6.07) is 0. The lowest BCUT2D eigenvalue weighted by Crippen LogP contribution is -2.54. The van der Waals surface area contributed by atoms with Crippen molar-refractivity contribution in [3.8, 4) is 0 Å². The Balaban J connectivity index is 1.48. The van der Waals surface area contributed by atoms with Crippen LogP contribution < -0.4 is 0 Å². The first kappa shape index (κ1) is 19.5. The van der Waals surface area contributed by atoms with Crippen LogP contribution in [0.3, 0.4) is 0 Å². The Bertz CT molecular complexity index is 632. The minimum atomic E-state index is -0.415. The largest absolute Gasteiger partial charge is 0.462 e. The van der Waals surface area contributed by atoms with Crippen molar-refractivity contribution in [1.82, 2.24) is 0 Å². The Kier molecular flexibility index (Phi) is 4.56. The van der Waals surface area contributed by atoms with Gasteiger partial charge in [-0.15, -0.1) is 0 Å². The van der Waals surface area contributed by atoms with Gasteiger partial charge in [0.05, 0.1) is 5.41 Å². The van der Waals surface area contributed by atoms with Gasteiger partial charge in [0.15, 0.2) is 0 Å². The van der Waals surface area contributed by atoms with Crippen molar-refractivity contribution in [2.24, 2.45) is 39.9 Å². The van der Waals surface area contributed by atoms with Crippen LogP contribution in [-0.4, -0.2) is 17.9 Å². The van der Waals surface area contributed by atoms with Crippen molar-refractivity contribution in [3.63, 3.8) is 0 Å². The Labute approximate surface area is 165 Å². The fourth-order valence-corrected chi connectivity index (χ4v) is 7.42. The van der Waals surface area contributed by atoms with Crippen molar-refractivity contribution in [1.29, 1.82) is 0 Å². The molecule has 0 saturated heterocycles. The fourth-order valence-electron chi connectivity index (χ4n) is 7.42. The van der Waals surface area contributed by atoms with Gasteiger partial charge in [0.2, 0.25) is 0 Å². The van der Waals surface area contributed by atoms with Crippen molar-refractivity contribution in [2.75, 3.05) is 0 Å². The second kappa shape index (κ2) is 6.32. The molecule has 0 aromatic carbocycles. The Morgan fingerprint density at radius 2 is 1.74 bits per heavy atom. The van der Waals surface area contributed by atoms with Gasteiger partial charge in [0.1, 0.15) is 11.9 Å². The summed E-state index contributed by atoms with van der Waals surface area (Å²) in [4.78, 5) is 24.9. The molecule has 3 heteroatoms. The molecule has 27 heavy (non-hydrogen) atoms. The molecule has 0 amide bonds. The van der Waals surface area contributed by atoms with Crippen molar-refractivity contribution in [3.05, 3.63) is 0 Å². The fraction of sp³-hybridized carbons (Fsp3) is 0.917. The average molecular weight is 375 g/mol. The van der Waals surface area contributed by atoms with Gasteiger partial charge in [-0.2, -0.15) is 0 Å². The number of Topliss-reactive ketones (excluding diaryl/α,β-unsaturated/α-hetero) is 1. The normalized spacial score (nSPS) is 47.0. The van der Waals surface area contributed by atoms with E-state index in [9.17, 15) is 9.59 Å². The molecule has 4 aliphatic rings. The second-order valence-electron chi connectivity index (χ2n) is 11.6. The highest BCUT2D eigenvalue weighted by molar-refractivity contribution is 5.87. The van der Waals surface area contributed by atoms with E-state index in [0.717, 1.165) is 43.9 Å². The molecule has 0 N–H and O–H groups in total. The zero-order valence-corrected chi connectivity index (χ0v) is 18.0. The predicted octanol–water partition coefficient (Wildman–Crippen LogP) is 5.56. The first-order chi connectivity index (χ1) is 12.6. The molecule has 152 valence electrons. The number of hydrogen-bond acceptors (Lipinski definition) is 3. The van der Waals surface area contributed by atoms with Gasteiger partial charge >= 0.3 is 5.97 Å². The van der Waals surface area contributed by atoms with Crippen LogP contribution in [0.15, 0.2) is 0 Å². The quantitative estimate of drug-likeness (QED) is 0.565. The van der Waals surface area contributed by atoms with E-state index < -0.39 is 5.41 Å². The highest BCUT2D eigenvalue weighted by Gasteiger charge is 2.60. The van der Waals surface area contributed by atoms with Crippen LogP contribution in [0.5, 0.6) is 0 Å². The minimum absolute atomic E-state index is 0.0240. The summed E-state index contributed by atoms with van der Waals surface area (Å²) in [5.74, 6) is 3.29. The van der Waals surface area contributed by atoms with Gasteiger partial charge in [-0.25, -0.2) is 0 Å². The highest BCUT2D eigenvalue weighted by Crippen LogP contribution is 2.65. The molecule has 0 heterocycles. The Morgan fingerprint density at radius 3 is 2.44 bits per heavy atom. The maximum atomic E-state index is 12.5.